The van der Waals surface area contributed by atoms with E-state index in [0.717, 1.165) is 11.3 Å². The second-order valence-corrected chi connectivity index (χ2v) is 8.35. The summed E-state index contributed by atoms with van der Waals surface area (Å²) >= 11 is 3.26. The van der Waals surface area contributed by atoms with Crippen molar-refractivity contribution in [3.63, 3.8) is 0 Å². The molecule has 1 amide bonds. The largest absolute Gasteiger partial charge is 0.497 e. The number of halogens is 2. The molecule has 1 N–H and O–H groups in total. The molecular formula is C23H21BrFN3O3. The van der Waals surface area contributed by atoms with Gasteiger partial charge in [0.2, 0.25) is 0 Å². The summed E-state index contributed by atoms with van der Waals surface area (Å²) in [6, 6.07) is 13.6. The van der Waals surface area contributed by atoms with Gasteiger partial charge >= 0.3 is 0 Å². The van der Waals surface area contributed by atoms with Crippen molar-refractivity contribution in [2.45, 2.75) is 19.1 Å². The molecule has 1 aliphatic rings. The van der Waals surface area contributed by atoms with Crippen molar-refractivity contribution in [3.05, 3.63) is 92.1 Å². The lowest BCUT2D eigenvalue weighted by Crippen LogP contribution is -2.50. The van der Waals surface area contributed by atoms with Gasteiger partial charge < -0.3 is 19.5 Å². The number of pyridine rings is 1. The van der Waals surface area contributed by atoms with Crippen molar-refractivity contribution in [3.8, 4) is 5.75 Å². The minimum atomic E-state index is -0.523. The minimum absolute atomic E-state index is 0.191. The summed E-state index contributed by atoms with van der Waals surface area (Å²) in [5.41, 5.74) is 2.13. The summed E-state index contributed by atoms with van der Waals surface area (Å²) in [4.78, 5) is 27.2. The van der Waals surface area contributed by atoms with Gasteiger partial charge in [-0.3, -0.25) is 9.59 Å². The molecule has 0 fully saturated rings. The normalized spacial score (nSPS) is 15.5. The fourth-order valence-corrected chi connectivity index (χ4v) is 4.00. The van der Waals surface area contributed by atoms with Crippen LogP contribution in [-0.2, 0) is 20.0 Å². The predicted molar refractivity (Wildman–Crippen MR) is 120 cm³/mol. The Hall–Kier alpha value is -3.13. The van der Waals surface area contributed by atoms with Crippen LogP contribution in [0.5, 0.6) is 5.75 Å². The van der Waals surface area contributed by atoms with Crippen LogP contribution in [0.2, 0.25) is 0 Å². The summed E-state index contributed by atoms with van der Waals surface area (Å²) in [5.74, 6) is 0.0735. The van der Waals surface area contributed by atoms with Gasteiger partial charge in [0.1, 0.15) is 17.7 Å². The van der Waals surface area contributed by atoms with Crippen molar-refractivity contribution in [1.82, 2.24) is 9.47 Å². The van der Waals surface area contributed by atoms with Crippen LogP contribution in [0.4, 0.5) is 10.1 Å². The molecule has 0 saturated carbocycles. The average Bonchev–Trinajstić information content (AvgIpc) is 2.75. The van der Waals surface area contributed by atoms with Gasteiger partial charge in [0, 0.05) is 36.7 Å². The number of rotatable bonds is 5. The smallest absolute Gasteiger partial charge is 0.257 e. The molecule has 2 heterocycles. The van der Waals surface area contributed by atoms with Crippen LogP contribution in [0.15, 0.2) is 64.0 Å². The zero-order valence-corrected chi connectivity index (χ0v) is 18.6. The van der Waals surface area contributed by atoms with Crippen LogP contribution >= 0.6 is 15.9 Å². The number of anilines is 1. The van der Waals surface area contributed by atoms with E-state index in [1.54, 1.807) is 37.4 Å². The number of fused-ring (bicyclic) bond motifs is 1. The molecule has 0 saturated heterocycles. The molecule has 1 aliphatic heterocycles. The maximum Gasteiger partial charge on any atom is 0.257 e. The SMILES string of the molecule is COc1ccc(CN2C(=O)c3cn(C)c(=O)cc3CC2Nc2ccc(Br)cc2F)cc1. The fraction of sp³-hybridized carbons (Fsp3) is 0.217. The second kappa shape index (κ2) is 8.55. The van der Waals surface area contributed by atoms with E-state index in [0.29, 0.717) is 28.6 Å². The van der Waals surface area contributed by atoms with Crippen LogP contribution in [0.1, 0.15) is 21.5 Å². The van der Waals surface area contributed by atoms with Crippen LogP contribution in [0.25, 0.3) is 0 Å². The monoisotopic (exact) mass is 485 g/mol. The Morgan fingerprint density at radius 3 is 2.58 bits per heavy atom. The van der Waals surface area contributed by atoms with E-state index in [1.165, 1.54) is 16.7 Å². The third-order valence-electron chi connectivity index (χ3n) is 5.36. The van der Waals surface area contributed by atoms with Crippen molar-refractivity contribution in [2.24, 2.45) is 7.05 Å². The Kier molecular flexibility index (Phi) is 5.82. The first-order chi connectivity index (χ1) is 14.9. The number of hydrogen-bond donors (Lipinski definition) is 1. The molecule has 8 heteroatoms. The highest BCUT2D eigenvalue weighted by molar-refractivity contribution is 9.10. The summed E-state index contributed by atoms with van der Waals surface area (Å²) in [6.45, 7) is 0.320. The lowest BCUT2D eigenvalue weighted by atomic mass is 9.97. The Bertz CT molecular complexity index is 1190. The molecule has 6 nitrogen and oxygen atoms in total. The molecule has 2 aromatic carbocycles. The molecule has 31 heavy (non-hydrogen) atoms. The first-order valence-corrected chi connectivity index (χ1v) is 10.5. The number of aromatic nitrogens is 1. The third kappa shape index (κ3) is 4.34. The van der Waals surface area contributed by atoms with E-state index in [-0.39, 0.29) is 17.2 Å². The van der Waals surface area contributed by atoms with Crippen LogP contribution in [0, 0.1) is 5.82 Å². The lowest BCUT2D eigenvalue weighted by molar-refractivity contribution is 0.0656. The number of nitrogens with zero attached hydrogens (tertiary/aromatic N) is 2. The average molecular weight is 486 g/mol. The molecule has 0 aliphatic carbocycles. The third-order valence-corrected chi connectivity index (χ3v) is 5.85. The maximum atomic E-state index is 14.5. The van der Waals surface area contributed by atoms with Gasteiger partial charge in [0.25, 0.3) is 11.5 Å². The van der Waals surface area contributed by atoms with Gasteiger partial charge in [0.15, 0.2) is 0 Å². The topological polar surface area (TPSA) is 63.6 Å². The van der Waals surface area contributed by atoms with Gasteiger partial charge in [0.05, 0.1) is 18.4 Å². The molecule has 4 rings (SSSR count). The van der Waals surface area contributed by atoms with Crippen molar-refractivity contribution >= 4 is 27.5 Å². The number of carbonyl (C=O) groups excluding carboxylic acids is 1. The summed E-state index contributed by atoms with van der Waals surface area (Å²) < 4.78 is 21.7. The van der Waals surface area contributed by atoms with E-state index in [9.17, 15) is 14.0 Å². The molecule has 3 aromatic rings. The molecule has 160 valence electrons. The van der Waals surface area contributed by atoms with E-state index in [4.69, 9.17) is 4.74 Å². The van der Waals surface area contributed by atoms with E-state index in [2.05, 4.69) is 21.2 Å². The fourth-order valence-electron chi connectivity index (χ4n) is 3.67. The summed E-state index contributed by atoms with van der Waals surface area (Å²) in [7, 11) is 3.21. The lowest BCUT2D eigenvalue weighted by Gasteiger charge is -2.37. The number of hydrogen-bond acceptors (Lipinski definition) is 4. The molecular weight excluding hydrogens is 465 g/mol. The Morgan fingerprint density at radius 1 is 1.16 bits per heavy atom. The van der Waals surface area contributed by atoms with Gasteiger partial charge in [-0.1, -0.05) is 28.1 Å². The number of carbonyl (C=O) groups is 1. The summed E-state index contributed by atoms with van der Waals surface area (Å²) in [6.07, 6.45) is 1.42. The predicted octanol–water partition coefficient (Wildman–Crippen LogP) is 3.93. The number of benzene rings is 2. The molecule has 0 radical (unpaired) electrons. The van der Waals surface area contributed by atoms with E-state index < -0.39 is 12.0 Å². The number of aryl methyl sites for hydroxylation is 1. The Morgan fingerprint density at radius 2 is 1.90 bits per heavy atom. The van der Waals surface area contributed by atoms with Crippen LogP contribution in [-0.4, -0.2) is 28.6 Å². The van der Waals surface area contributed by atoms with Crippen LogP contribution in [0.3, 0.4) is 0 Å². The van der Waals surface area contributed by atoms with Crippen molar-refractivity contribution < 1.29 is 13.9 Å². The first-order valence-electron chi connectivity index (χ1n) is 9.71. The van der Waals surface area contributed by atoms with Crippen molar-refractivity contribution in [1.29, 1.82) is 0 Å². The van der Waals surface area contributed by atoms with Crippen molar-refractivity contribution in [2.75, 3.05) is 12.4 Å². The standard InChI is InChI=1S/C23H21BrFN3O3/c1-27-13-18-15(10-22(27)29)9-21(26-20-8-5-16(24)11-19(20)25)28(23(18)30)12-14-3-6-17(31-2)7-4-14/h3-8,10-11,13,21,26H,9,12H2,1-2H3. The molecule has 1 atom stereocenters. The van der Waals surface area contributed by atoms with Gasteiger partial charge in [-0.2, -0.15) is 0 Å². The number of amides is 1. The Labute approximate surface area is 187 Å². The molecule has 1 unspecified atom stereocenters. The number of methoxy groups -OCH3 is 1. The zero-order valence-electron chi connectivity index (χ0n) is 17.1. The summed E-state index contributed by atoms with van der Waals surface area (Å²) in [5, 5.41) is 3.15. The highest BCUT2D eigenvalue weighted by Crippen LogP contribution is 2.28. The molecule has 0 spiro atoms. The van der Waals surface area contributed by atoms with Gasteiger partial charge in [-0.15, -0.1) is 0 Å². The molecule has 1 aromatic heterocycles. The first kappa shape index (κ1) is 21.1. The molecule has 0 bridgehead atoms. The highest BCUT2D eigenvalue weighted by Gasteiger charge is 2.33. The second-order valence-electron chi connectivity index (χ2n) is 7.43. The van der Waals surface area contributed by atoms with Gasteiger partial charge in [-0.05, 0) is 41.5 Å². The van der Waals surface area contributed by atoms with E-state index in [1.807, 2.05) is 24.3 Å². The zero-order chi connectivity index (χ0) is 22.1. The maximum absolute atomic E-state index is 14.5. The van der Waals surface area contributed by atoms with Crippen LogP contribution < -0.4 is 15.6 Å². The minimum Gasteiger partial charge on any atom is -0.497 e. The van der Waals surface area contributed by atoms with E-state index >= 15 is 0 Å². The van der Waals surface area contributed by atoms with Gasteiger partial charge in [-0.25, -0.2) is 4.39 Å². The number of nitrogens with one attached hydrogen (secondary N) is 1. The highest BCUT2D eigenvalue weighted by atomic mass is 79.9. The quantitative estimate of drug-likeness (QED) is 0.594. The Balaban J connectivity index is 1.71. The number of ether oxygens (including phenoxy) is 1.